The van der Waals surface area contributed by atoms with Gasteiger partial charge in [-0.25, -0.2) is 4.79 Å². The van der Waals surface area contributed by atoms with Gasteiger partial charge in [0, 0.05) is 30.9 Å². The normalized spacial score (nSPS) is 11.4. The van der Waals surface area contributed by atoms with Crippen LogP contribution in [0.15, 0.2) is 32.8 Å². The zero-order valence-corrected chi connectivity index (χ0v) is 19.7. The number of nitro groups is 1. The van der Waals surface area contributed by atoms with E-state index >= 15 is 0 Å². The molecule has 1 heterocycles. The lowest BCUT2D eigenvalue weighted by Crippen LogP contribution is -2.41. The van der Waals surface area contributed by atoms with Crippen molar-refractivity contribution in [1.29, 1.82) is 0 Å². The SMILES string of the molecule is CCCCCCCCn1c(O)c(C=Nc2ccc(C)c([N+](=O)[O-])c2)c(=O)n(CCCC)c1=O. The Morgan fingerprint density at radius 1 is 1.00 bits per heavy atom. The summed E-state index contributed by atoms with van der Waals surface area (Å²) in [5.41, 5.74) is -0.545. The molecule has 0 amide bonds. The van der Waals surface area contributed by atoms with E-state index in [1.807, 2.05) is 6.92 Å². The van der Waals surface area contributed by atoms with Gasteiger partial charge < -0.3 is 5.11 Å². The molecule has 9 nitrogen and oxygen atoms in total. The molecule has 1 aromatic heterocycles. The van der Waals surface area contributed by atoms with Crippen molar-refractivity contribution in [3.8, 4) is 5.88 Å². The molecule has 0 saturated carbocycles. The van der Waals surface area contributed by atoms with E-state index in [0.717, 1.165) is 36.7 Å². The molecular weight excluding hydrogens is 424 g/mol. The maximum atomic E-state index is 13.0. The lowest BCUT2D eigenvalue weighted by atomic mass is 10.1. The molecule has 0 aliphatic heterocycles. The molecule has 0 atom stereocenters. The highest BCUT2D eigenvalue weighted by Gasteiger charge is 2.17. The van der Waals surface area contributed by atoms with Gasteiger partial charge >= 0.3 is 5.69 Å². The summed E-state index contributed by atoms with van der Waals surface area (Å²) in [5.74, 6) is -0.420. The van der Waals surface area contributed by atoms with Crippen molar-refractivity contribution in [3.63, 3.8) is 0 Å². The molecule has 9 heteroatoms. The Labute approximate surface area is 193 Å². The summed E-state index contributed by atoms with van der Waals surface area (Å²) >= 11 is 0. The molecule has 2 aromatic rings. The van der Waals surface area contributed by atoms with Crippen molar-refractivity contribution < 1.29 is 10.0 Å². The van der Waals surface area contributed by atoms with E-state index in [9.17, 15) is 24.8 Å². The number of aromatic hydroxyl groups is 1. The molecule has 0 spiro atoms. The first kappa shape index (κ1) is 26.0. The number of nitrogens with zero attached hydrogens (tertiary/aromatic N) is 4. The first-order valence-electron chi connectivity index (χ1n) is 11.7. The lowest BCUT2D eigenvalue weighted by Gasteiger charge is -2.14. The molecule has 2 rings (SSSR count). The first-order chi connectivity index (χ1) is 15.8. The predicted octanol–water partition coefficient (Wildman–Crippen LogP) is 4.84. The van der Waals surface area contributed by atoms with Gasteiger partial charge in [0.2, 0.25) is 5.88 Å². The second-order valence-electron chi connectivity index (χ2n) is 8.24. The van der Waals surface area contributed by atoms with E-state index in [-0.39, 0.29) is 23.5 Å². The van der Waals surface area contributed by atoms with Crippen molar-refractivity contribution in [2.75, 3.05) is 0 Å². The van der Waals surface area contributed by atoms with Gasteiger partial charge in [0.25, 0.3) is 11.2 Å². The number of hydrogen-bond donors (Lipinski definition) is 1. The van der Waals surface area contributed by atoms with Crippen LogP contribution >= 0.6 is 0 Å². The molecule has 0 fully saturated rings. The van der Waals surface area contributed by atoms with Crippen LogP contribution in [0.3, 0.4) is 0 Å². The Morgan fingerprint density at radius 2 is 1.64 bits per heavy atom. The number of aryl methyl sites for hydroxylation is 1. The van der Waals surface area contributed by atoms with E-state index in [1.165, 1.54) is 23.3 Å². The van der Waals surface area contributed by atoms with Gasteiger partial charge in [-0.15, -0.1) is 0 Å². The summed E-state index contributed by atoms with van der Waals surface area (Å²) < 4.78 is 2.37. The molecule has 0 saturated heterocycles. The Hall–Kier alpha value is -3.23. The molecule has 180 valence electrons. The first-order valence-corrected chi connectivity index (χ1v) is 11.7. The summed E-state index contributed by atoms with van der Waals surface area (Å²) in [4.78, 5) is 40.8. The average molecular weight is 459 g/mol. The maximum absolute atomic E-state index is 13.0. The van der Waals surface area contributed by atoms with Crippen molar-refractivity contribution >= 4 is 17.6 Å². The molecular formula is C24H34N4O5. The molecule has 0 aliphatic rings. The number of aliphatic imine (C=N–C) groups is 1. The summed E-state index contributed by atoms with van der Waals surface area (Å²) in [7, 11) is 0. The van der Waals surface area contributed by atoms with Crippen LogP contribution in [-0.4, -0.2) is 25.4 Å². The van der Waals surface area contributed by atoms with Crippen LogP contribution < -0.4 is 11.2 Å². The highest BCUT2D eigenvalue weighted by Crippen LogP contribution is 2.24. The topological polar surface area (TPSA) is 120 Å². The van der Waals surface area contributed by atoms with Crippen molar-refractivity contribution in [3.05, 3.63) is 60.3 Å². The second-order valence-corrected chi connectivity index (χ2v) is 8.24. The smallest absolute Gasteiger partial charge is 0.333 e. The summed E-state index contributed by atoms with van der Waals surface area (Å²) in [6, 6.07) is 4.48. The predicted molar refractivity (Wildman–Crippen MR) is 130 cm³/mol. The quantitative estimate of drug-likeness (QED) is 0.199. The third kappa shape index (κ3) is 6.87. The third-order valence-electron chi connectivity index (χ3n) is 5.64. The Bertz CT molecular complexity index is 1100. The van der Waals surface area contributed by atoms with Gasteiger partial charge in [-0.1, -0.05) is 58.4 Å². The molecule has 0 unspecified atom stereocenters. The molecule has 1 N–H and O–H groups in total. The average Bonchev–Trinajstić information content (AvgIpc) is 2.78. The summed E-state index contributed by atoms with van der Waals surface area (Å²) in [6.07, 6.45) is 8.79. The number of unbranched alkanes of at least 4 members (excludes halogenated alkanes) is 6. The van der Waals surface area contributed by atoms with E-state index in [4.69, 9.17) is 0 Å². The minimum absolute atomic E-state index is 0.0812. The number of hydrogen-bond acceptors (Lipinski definition) is 6. The highest BCUT2D eigenvalue weighted by molar-refractivity contribution is 5.84. The maximum Gasteiger partial charge on any atom is 0.333 e. The second kappa shape index (κ2) is 12.7. The van der Waals surface area contributed by atoms with E-state index in [1.54, 1.807) is 19.1 Å². The highest BCUT2D eigenvalue weighted by atomic mass is 16.6. The lowest BCUT2D eigenvalue weighted by molar-refractivity contribution is -0.385. The van der Waals surface area contributed by atoms with E-state index in [0.29, 0.717) is 24.9 Å². The minimum Gasteiger partial charge on any atom is -0.494 e. The van der Waals surface area contributed by atoms with Gasteiger partial charge in [-0.3, -0.25) is 29.0 Å². The van der Waals surface area contributed by atoms with Gasteiger partial charge in [0.05, 0.1) is 10.6 Å². The van der Waals surface area contributed by atoms with E-state index < -0.39 is 22.1 Å². The molecule has 0 aliphatic carbocycles. The molecule has 1 aromatic carbocycles. The Kier molecular flexibility index (Phi) is 10.0. The van der Waals surface area contributed by atoms with Crippen LogP contribution in [0.5, 0.6) is 5.88 Å². The third-order valence-corrected chi connectivity index (χ3v) is 5.64. The number of rotatable bonds is 13. The van der Waals surface area contributed by atoms with Crippen LogP contribution in [-0.2, 0) is 13.1 Å². The Balaban J connectivity index is 2.41. The fourth-order valence-electron chi connectivity index (χ4n) is 3.60. The molecule has 33 heavy (non-hydrogen) atoms. The van der Waals surface area contributed by atoms with Gasteiger partial charge in [0.15, 0.2) is 0 Å². The fourth-order valence-corrected chi connectivity index (χ4v) is 3.60. The zero-order valence-electron chi connectivity index (χ0n) is 19.7. The van der Waals surface area contributed by atoms with Crippen molar-refractivity contribution in [1.82, 2.24) is 9.13 Å². The number of aromatic nitrogens is 2. The van der Waals surface area contributed by atoms with Gasteiger partial charge in [-0.2, -0.15) is 0 Å². The Morgan fingerprint density at radius 3 is 2.30 bits per heavy atom. The van der Waals surface area contributed by atoms with Crippen LogP contribution in [0.4, 0.5) is 11.4 Å². The number of benzene rings is 1. The van der Waals surface area contributed by atoms with Crippen LogP contribution in [0.2, 0.25) is 0 Å². The summed E-state index contributed by atoms with van der Waals surface area (Å²) in [6.45, 7) is 6.30. The van der Waals surface area contributed by atoms with Crippen molar-refractivity contribution in [2.24, 2.45) is 4.99 Å². The summed E-state index contributed by atoms with van der Waals surface area (Å²) in [5, 5.41) is 21.9. The molecule has 0 radical (unpaired) electrons. The largest absolute Gasteiger partial charge is 0.494 e. The monoisotopic (exact) mass is 458 g/mol. The standard InChI is InChI=1S/C24H34N4O5/c1-4-6-8-9-10-11-15-27-23(30)20(22(29)26(24(27)31)14-7-5-2)17-25-19-13-12-18(3)21(16-19)28(32)33/h12-13,16-17,30H,4-11,14-15H2,1-3H3. The molecule has 0 bridgehead atoms. The zero-order chi connectivity index (χ0) is 24.4. The fraction of sp³-hybridized carbons (Fsp3) is 0.542. The van der Waals surface area contributed by atoms with Crippen LogP contribution in [0, 0.1) is 17.0 Å². The van der Waals surface area contributed by atoms with Crippen molar-refractivity contribution in [2.45, 2.75) is 85.2 Å². The van der Waals surface area contributed by atoms with Crippen LogP contribution in [0.1, 0.15) is 76.3 Å². The number of nitro benzene ring substituents is 1. The minimum atomic E-state index is -0.615. The van der Waals surface area contributed by atoms with Gasteiger partial charge in [0.1, 0.15) is 5.56 Å². The van der Waals surface area contributed by atoms with Gasteiger partial charge in [-0.05, 0) is 25.8 Å². The van der Waals surface area contributed by atoms with E-state index in [2.05, 4.69) is 11.9 Å². The van der Waals surface area contributed by atoms with Crippen LogP contribution in [0.25, 0.3) is 0 Å².